The van der Waals surface area contributed by atoms with Crippen LogP contribution in [0.5, 0.6) is 0 Å². The van der Waals surface area contributed by atoms with Crippen molar-refractivity contribution >= 4 is 33.2 Å². The highest BCUT2D eigenvalue weighted by Crippen LogP contribution is 2.35. The molecule has 0 aromatic heterocycles. The summed E-state index contributed by atoms with van der Waals surface area (Å²) in [6, 6.07) is 13.7. The summed E-state index contributed by atoms with van der Waals surface area (Å²) < 4.78 is 35.8. The smallest absolute Gasteiger partial charge is 0.243 e. The molecule has 9 nitrogen and oxygen atoms in total. The number of carbonyl (C=O) groups excluding carboxylic acids is 2. The second-order valence-corrected chi connectivity index (χ2v) is 13.2. The topological polar surface area (TPSA) is 108 Å². The summed E-state index contributed by atoms with van der Waals surface area (Å²) in [6.45, 7) is 9.57. The fraction of sp³-hybridized carbons (Fsp3) is 0.517. The molecule has 2 aliphatic heterocycles. The molecular formula is C29H40N4O5S. The highest BCUT2D eigenvalue weighted by Gasteiger charge is 2.47. The maximum absolute atomic E-state index is 13.8. The van der Waals surface area contributed by atoms with Crippen LogP contribution in [0.3, 0.4) is 0 Å². The number of nitrogens with one attached hydrogen (secondary N) is 2. The standard InChI is InChI=1S/C29H40N4O5S/c1-21(2)16-26-18-38-29(20-33(26)39(36,37)27-12-6-22(3)7-13-27)14-5-15-32(19-29)17-28(35)31-25-10-8-24(9-11-25)30-23(4)34/h6-13,21,26H,5,14-20H2,1-4H3,(H,30,34)(H,31,35)/t26-,29-/m0/s1. The number of rotatable bonds is 8. The molecule has 2 aromatic carbocycles. The number of amides is 2. The van der Waals surface area contributed by atoms with Gasteiger partial charge in [-0.25, -0.2) is 8.42 Å². The third-order valence-electron chi connectivity index (χ3n) is 7.28. The Balaban J connectivity index is 1.45. The quantitative estimate of drug-likeness (QED) is 0.511. The summed E-state index contributed by atoms with van der Waals surface area (Å²) in [5.41, 5.74) is 1.65. The summed E-state index contributed by atoms with van der Waals surface area (Å²) in [7, 11) is -3.71. The minimum atomic E-state index is -3.71. The maximum atomic E-state index is 13.8. The second kappa shape index (κ2) is 12.2. The third kappa shape index (κ3) is 7.45. The number of nitrogens with zero attached hydrogens (tertiary/aromatic N) is 2. The Morgan fingerprint density at radius 2 is 1.67 bits per heavy atom. The van der Waals surface area contributed by atoms with E-state index in [0.29, 0.717) is 41.8 Å². The van der Waals surface area contributed by atoms with Crippen LogP contribution in [-0.4, -0.2) is 73.9 Å². The molecule has 4 rings (SSSR count). The van der Waals surface area contributed by atoms with Gasteiger partial charge in [-0.1, -0.05) is 31.5 Å². The van der Waals surface area contributed by atoms with Gasteiger partial charge in [-0.15, -0.1) is 0 Å². The molecule has 0 saturated carbocycles. The summed E-state index contributed by atoms with van der Waals surface area (Å²) in [5.74, 6) is 0.00989. The zero-order chi connectivity index (χ0) is 28.2. The number of morpholine rings is 1. The second-order valence-electron chi connectivity index (χ2n) is 11.3. The van der Waals surface area contributed by atoms with Crippen molar-refractivity contribution in [3.05, 3.63) is 54.1 Å². The van der Waals surface area contributed by atoms with Crippen LogP contribution in [0.4, 0.5) is 11.4 Å². The van der Waals surface area contributed by atoms with E-state index in [1.165, 1.54) is 6.92 Å². The van der Waals surface area contributed by atoms with Gasteiger partial charge in [-0.3, -0.25) is 14.5 Å². The van der Waals surface area contributed by atoms with Gasteiger partial charge in [0.2, 0.25) is 21.8 Å². The van der Waals surface area contributed by atoms with Crippen LogP contribution in [0.2, 0.25) is 0 Å². The molecule has 0 unspecified atom stereocenters. The van der Waals surface area contributed by atoms with Crippen molar-refractivity contribution in [1.29, 1.82) is 0 Å². The molecule has 2 aromatic rings. The van der Waals surface area contributed by atoms with E-state index < -0.39 is 15.6 Å². The Bertz CT molecular complexity index is 1260. The molecule has 2 heterocycles. The summed E-state index contributed by atoms with van der Waals surface area (Å²) in [5, 5.41) is 5.61. The normalized spacial score (nSPS) is 22.6. The Morgan fingerprint density at radius 3 is 2.28 bits per heavy atom. The molecule has 0 radical (unpaired) electrons. The first kappa shape index (κ1) is 29.2. The fourth-order valence-electron chi connectivity index (χ4n) is 5.49. The summed E-state index contributed by atoms with van der Waals surface area (Å²) in [6.07, 6.45) is 2.27. The third-order valence-corrected chi connectivity index (χ3v) is 9.19. The number of hydrogen-bond acceptors (Lipinski definition) is 6. The van der Waals surface area contributed by atoms with Gasteiger partial charge >= 0.3 is 0 Å². The van der Waals surface area contributed by atoms with Crippen molar-refractivity contribution < 1.29 is 22.7 Å². The van der Waals surface area contributed by atoms with E-state index in [1.54, 1.807) is 40.7 Å². The van der Waals surface area contributed by atoms with E-state index >= 15 is 0 Å². The number of hydrogen-bond donors (Lipinski definition) is 2. The Morgan fingerprint density at radius 1 is 1.03 bits per heavy atom. The number of benzene rings is 2. The highest BCUT2D eigenvalue weighted by molar-refractivity contribution is 7.89. The minimum absolute atomic E-state index is 0.156. The molecule has 2 amide bonds. The van der Waals surface area contributed by atoms with Gasteiger partial charge in [-0.2, -0.15) is 4.31 Å². The van der Waals surface area contributed by atoms with E-state index in [9.17, 15) is 18.0 Å². The molecule has 39 heavy (non-hydrogen) atoms. The Labute approximate surface area is 231 Å². The molecule has 2 saturated heterocycles. The first-order valence-electron chi connectivity index (χ1n) is 13.6. The van der Waals surface area contributed by atoms with Gasteiger partial charge in [0.15, 0.2) is 0 Å². The van der Waals surface area contributed by atoms with Gasteiger partial charge < -0.3 is 15.4 Å². The predicted molar refractivity (Wildman–Crippen MR) is 152 cm³/mol. The molecule has 2 N–H and O–H groups in total. The monoisotopic (exact) mass is 556 g/mol. The van der Waals surface area contributed by atoms with E-state index in [4.69, 9.17) is 4.74 Å². The van der Waals surface area contributed by atoms with Crippen molar-refractivity contribution in [3.8, 4) is 0 Å². The van der Waals surface area contributed by atoms with E-state index in [2.05, 4.69) is 24.5 Å². The zero-order valence-electron chi connectivity index (χ0n) is 23.3. The van der Waals surface area contributed by atoms with Crippen LogP contribution < -0.4 is 10.6 Å². The average Bonchev–Trinajstić information content (AvgIpc) is 2.86. The maximum Gasteiger partial charge on any atom is 0.243 e. The van der Waals surface area contributed by atoms with Crippen LogP contribution in [0.1, 0.15) is 45.6 Å². The number of piperidine rings is 1. The fourth-order valence-corrected chi connectivity index (χ4v) is 7.18. The lowest BCUT2D eigenvalue weighted by molar-refractivity contribution is -0.146. The molecule has 2 atom stereocenters. The van der Waals surface area contributed by atoms with Crippen molar-refractivity contribution in [2.24, 2.45) is 5.92 Å². The number of sulfonamides is 1. The molecule has 212 valence electrons. The SMILES string of the molecule is CC(=O)Nc1ccc(NC(=O)CN2CCC[C@]3(C2)CN(S(=O)(=O)c2ccc(C)cc2)[C@@H](CC(C)C)CO3)cc1. The molecule has 10 heteroatoms. The summed E-state index contributed by atoms with van der Waals surface area (Å²) >= 11 is 0. The summed E-state index contributed by atoms with van der Waals surface area (Å²) in [4.78, 5) is 26.4. The molecule has 2 aliphatic rings. The molecule has 2 fully saturated rings. The lowest BCUT2D eigenvalue weighted by atomic mass is 9.89. The molecule has 0 bridgehead atoms. The van der Waals surface area contributed by atoms with Crippen LogP contribution >= 0.6 is 0 Å². The van der Waals surface area contributed by atoms with Gasteiger partial charge in [0.1, 0.15) is 0 Å². The zero-order valence-corrected chi connectivity index (χ0v) is 24.1. The first-order chi connectivity index (χ1) is 18.5. The van der Waals surface area contributed by atoms with Crippen molar-refractivity contribution in [2.45, 2.75) is 63.5 Å². The van der Waals surface area contributed by atoms with Crippen molar-refractivity contribution in [2.75, 3.05) is 43.4 Å². The molecular weight excluding hydrogens is 516 g/mol. The van der Waals surface area contributed by atoms with Gasteiger partial charge in [0.05, 0.1) is 23.6 Å². The van der Waals surface area contributed by atoms with Crippen molar-refractivity contribution in [3.63, 3.8) is 0 Å². The number of likely N-dealkylation sites (tertiary alicyclic amines) is 1. The van der Waals surface area contributed by atoms with Crippen LogP contribution in [0.15, 0.2) is 53.4 Å². The predicted octanol–water partition coefficient (Wildman–Crippen LogP) is 3.86. The van der Waals surface area contributed by atoms with E-state index in [0.717, 1.165) is 24.9 Å². The van der Waals surface area contributed by atoms with Crippen LogP contribution in [-0.2, 0) is 24.3 Å². The minimum Gasteiger partial charge on any atom is -0.371 e. The molecule has 0 aliphatic carbocycles. The number of aryl methyl sites for hydroxylation is 1. The lowest BCUT2D eigenvalue weighted by Crippen LogP contribution is -2.64. The van der Waals surface area contributed by atoms with E-state index in [1.807, 2.05) is 24.0 Å². The Kier molecular flexibility index (Phi) is 9.10. The van der Waals surface area contributed by atoms with Gasteiger partial charge in [-0.05, 0) is 75.0 Å². The van der Waals surface area contributed by atoms with Gasteiger partial charge in [0, 0.05) is 37.4 Å². The van der Waals surface area contributed by atoms with Gasteiger partial charge in [0.25, 0.3) is 0 Å². The Hall–Kier alpha value is -2.79. The first-order valence-corrected chi connectivity index (χ1v) is 15.0. The van der Waals surface area contributed by atoms with Crippen molar-refractivity contribution in [1.82, 2.24) is 9.21 Å². The lowest BCUT2D eigenvalue weighted by Gasteiger charge is -2.50. The van der Waals surface area contributed by atoms with Crippen LogP contribution in [0, 0.1) is 12.8 Å². The highest BCUT2D eigenvalue weighted by atomic mass is 32.2. The number of carbonyl (C=O) groups is 2. The van der Waals surface area contributed by atoms with E-state index in [-0.39, 0.29) is 30.9 Å². The van der Waals surface area contributed by atoms with Crippen LogP contribution in [0.25, 0.3) is 0 Å². The number of anilines is 2. The molecule has 1 spiro atoms. The largest absolute Gasteiger partial charge is 0.371 e. The average molecular weight is 557 g/mol. The number of ether oxygens (including phenoxy) is 1.